The summed E-state index contributed by atoms with van der Waals surface area (Å²) < 4.78 is 43.3. The Labute approximate surface area is 288 Å². The molecule has 0 spiro atoms. The van der Waals surface area contributed by atoms with Gasteiger partial charge in [-0.3, -0.25) is 15.2 Å². The maximum Gasteiger partial charge on any atom is 0.407 e. The molecule has 262 valence electrons. The standard InChI is InChI=1S/C36H45N5O7S/c1-22-23(2)33(24(3)29-18-36(4,5)48-32(22)29)49(44,45)41-39-20-37-17-11-16-31(34(42)38-21-46-6)40-35(43)47-19-30-27-14-9-7-12-25(27)26-13-8-10-15-28(26)30/h7-10,12-15,20,30-31,41H,11,16-19,21H2,1-6H3,(H,37,39)(H,38,42)(H,40,43)/t31-/m0/s1. The molecule has 0 radical (unpaired) electrons. The molecule has 12 nitrogen and oxygen atoms in total. The van der Waals surface area contributed by atoms with Gasteiger partial charge in [0.2, 0.25) is 5.91 Å². The summed E-state index contributed by atoms with van der Waals surface area (Å²) in [5.41, 5.74) is 9.57. The molecule has 0 fully saturated rings. The van der Waals surface area contributed by atoms with Crippen molar-refractivity contribution in [2.45, 2.75) is 76.3 Å². The fourth-order valence-electron chi connectivity index (χ4n) is 6.62. The van der Waals surface area contributed by atoms with Crippen LogP contribution >= 0.6 is 0 Å². The molecule has 49 heavy (non-hydrogen) atoms. The van der Waals surface area contributed by atoms with Gasteiger partial charge < -0.3 is 24.8 Å². The predicted molar refractivity (Wildman–Crippen MR) is 187 cm³/mol. The molecular weight excluding hydrogens is 646 g/mol. The van der Waals surface area contributed by atoms with Crippen LogP contribution in [0, 0.1) is 20.8 Å². The van der Waals surface area contributed by atoms with Crippen LogP contribution in [0.1, 0.15) is 66.0 Å². The second-order valence-corrected chi connectivity index (χ2v) is 14.6. The molecular formula is C36H45N5O7S. The molecule has 2 amide bonds. The number of methoxy groups -OCH3 is 1. The summed E-state index contributed by atoms with van der Waals surface area (Å²) in [6.07, 6.45) is 1.84. The van der Waals surface area contributed by atoms with Crippen molar-refractivity contribution >= 4 is 28.4 Å². The quantitative estimate of drug-likeness (QED) is 0.0631. The molecule has 1 aliphatic heterocycles. The van der Waals surface area contributed by atoms with E-state index in [1.807, 2.05) is 57.2 Å². The van der Waals surface area contributed by atoms with Gasteiger partial charge in [0.1, 0.15) is 30.7 Å². The van der Waals surface area contributed by atoms with Gasteiger partial charge in [0, 0.05) is 31.6 Å². The van der Waals surface area contributed by atoms with Gasteiger partial charge in [-0.15, -0.1) is 4.83 Å². The average molecular weight is 692 g/mol. The number of hydrazine groups is 1. The first-order valence-electron chi connectivity index (χ1n) is 16.3. The van der Waals surface area contributed by atoms with E-state index in [4.69, 9.17) is 14.2 Å². The fraction of sp³-hybridized carbons (Fsp3) is 0.417. The molecule has 3 aromatic carbocycles. The summed E-state index contributed by atoms with van der Waals surface area (Å²) in [5, 5.41) is 5.30. The maximum absolute atomic E-state index is 13.3. The predicted octanol–water partition coefficient (Wildman–Crippen LogP) is 4.54. The molecule has 0 unspecified atom stereocenters. The van der Waals surface area contributed by atoms with Crippen LogP contribution in [0.5, 0.6) is 5.75 Å². The largest absolute Gasteiger partial charge is 0.487 e. The normalized spacial score (nSPS) is 15.2. The molecule has 13 heteroatoms. The van der Waals surface area contributed by atoms with Gasteiger partial charge in [0.25, 0.3) is 10.0 Å². The number of hydrogen-bond donors (Lipinski definition) is 4. The number of benzene rings is 3. The number of amides is 2. The van der Waals surface area contributed by atoms with Crippen molar-refractivity contribution in [2.24, 2.45) is 4.99 Å². The highest BCUT2D eigenvalue weighted by Crippen LogP contribution is 2.45. The van der Waals surface area contributed by atoms with E-state index >= 15 is 0 Å². The average Bonchev–Trinajstić information content (AvgIpc) is 3.58. The zero-order valence-electron chi connectivity index (χ0n) is 28.8. The third kappa shape index (κ3) is 7.90. The fourth-order valence-corrected chi connectivity index (χ4v) is 8.01. The second-order valence-electron chi connectivity index (χ2n) is 13.0. The number of nitrogens with one attached hydrogen (secondary N) is 4. The van der Waals surface area contributed by atoms with E-state index in [0.717, 1.165) is 39.1 Å². The Kier molecular flexibility index (Phi) is 11.0. The highest BCUT2D eigenvalue weighted by molar-refractivity contribution is 7.89. The zero-order chi connectivity index (χ0) is 35.3. The van der Waals surface area contributed by atoms with Gasteiger partial charge in [0.05, 0.1) is 11.2 Å². The van der Waals surface area contributed by atoms with Gasteiger partial charge in [-0.2, -0.15) is 0 Å². The summed E-state index contributed by atoms with van der Waals surface area (Å²) in [7, 11) is -2.47. The maximum atomic E-state index is 13.3. The minimum atomic E-state index is -3.92. The number of carbonyl (C=O) groups is 2. The van der Waals surface area contributed by atoms with Gasteiger partial charge in [0.15, 0.2) is 0 Å². The number of alkyl carbamates (subject to hydrolysis) is 1. The van der Waals surface area contributed by atoms with Crippen LogP contribution in [0.4, 0.5) is 4.79 Å². The number of carbonyl (C=O) groups excluding carboxylic acids is 2. The van der Waals surface area contributed by atoms with Crippen LogP contribution < -0.4 is 25.6 Å². The first kappa shape index (κ1) is 35.8. The lowest BCUT2D eigenvalue weighted by molar-refractivity contribution is -0.124. The molecule has 1 heterocycles. The highest BCUT2D eigenvalue weighted by Gasteiger charge is 2.36. The molecule has 2 aliphatic rings. The van der Waals surface area contributed by atoms with Gasteiger partial charge in [-0.05, 0) is 86.4 Å². The first-order valence-corrected chi connectivity index (χ1v) is 17.8. The van der Waals surface area contributed by atoms with Crippen LogP contribution in [0.25, 0.3) is 11.1 Å². The Hall–Kier alpha value is -4.46. The molecule has 5 rings (SSSR count). The summed E-state index contributed by atoms with van der Waals surface area (Å²) in [6.45, 7) is 9.77. The van der Waals surface area contributed by atoms with Crippen LogP contribution in [-0.4, -0.2) is 65.4 Å². The molecule has 1 aliphatic carbocycles. The number of nitrogens with zero attached hydrogens (tertiary/aromatic N) is 1. The lowest BCUT2D eigenvalue weighted by atomic mass is 9.94. The van der Waals surface area contributed by atoms with Gasteiger partial charge >= 0.3 is 6.09 Å². The molecule has 0 aromatic heterocycles. The lowest BCUT2D eigenvalue weighted by Crippen LogP contribution is -2.47. The monoisotopic (exact) mass is 691 g/mol. The second kappa shape index (κ2) is 15.0. The number of rotatable bonds is 14. The Morgan fingerprint density at radius 3 is 2.33 bits per heavy atom. The van der Waals surface area contributed by atoms with Crippen LogP contribution in [0.15, 0.2) is 58.4 Å². The van der Waals surface area contributed by atoms with Crippen molar-refractivity contribution in [1.29, 1.82) is 0 Å². The van der Waals surface area contributed by atoms with Gasteiger partial charge in [-0.1, -0.05) is 48.5 Å². The number of fused-ring (bicyclic) bond motifs is 4. The molecule has 3 aromatic rings. The summed E-state index contributed by atoms with van der Waals surface area (Å²) in [6, 6.07) is 15.2. The van der Waals surface area contributed by atoms with Crippen molar-refractivity contribution in [2.75, 3.05) is 27.0 Å². The van der Waals surface area contributed by atoms with Crippen LogP contribution in [0.2, 0.25) is 0 Å². The zero-order valence-corrected chi connectivity index (χ0v) is 29.6. The van der Waals surface area contributed by atoms with E-state index in [2.05, 4.69) is 38.0 Å². The Bertz CT molecular complexity index is 1810. The number of sulfonamides is 1. The number of ether oxygens (including phenoxy) is 3. The van der Waals surface area contributed by atoms with Crippen molar-refractivity contribution in [1.82, 2.24) is 20.9 Å². The highest BCUT2D eigenvalue weighted by atomic mass is 32.2. The Balaban J connectivity index is 1.13. The molecule has 0 saturated carbocycles. The summed E-state index contributed by atoms with van der Waals surface area (Å²) in [5.74, 6) is 0.226. The van der Waals surface area contributed by atoms with Crippen molar-refractivity contribution in [3.8, 4) is 16.9 Å². The summed E-state index contributed by atoms with van der Waals surface area (Å²) in [4.78, 5) is 32.6. The van der Waals surface area contributed by atoms with E-state index in [1.54, 1.807) is 13.8 Å². The van der Waals surface area contributed by atoms with Crippen molar-refractivity contribution < 1.29 is 32.2 Å². The van der Waals surface area contributed by atoms with Gasteiger partial charge in [-0.25, -0.2) is 13.2 Å². The lowest BCUT2D eigenvalue weighted by Gasteiger charge is -2.19. The van der Waals surface area contributed by atoms with E-state index < -0.39 is 33.7 Å². The third-order valence-corrected chi connectivity index (χ3v) is 10.6. The topological polar surface area (TPSA) is 156 Å². The van der Waals surface area contributed by atoms with E-state index in [-0.39, 0.29) is 37.1 Å². The number of hydrogen-bond acceptors (Lipinski definition) is 8. The SMILES string of the molecule is COCNC(=O)[C@H](CCCN=CNNS(=O)(=O)c1c(C)c(C)c2c(c1C)CC(C)(C)O2)NC(=O)OCC1c2ccccc2-c2ccccc21. The van der Waals surface area contributed by atoms with Crippen molar-refractivity contribution in [3.05, 3.63) is 81.9 Å². The number of aliphatic imine (C=N–C) groups is 1. The van der Waals surface area contributed by atoms with E-state index in [9.17, 15) is 18.0 Å². The van der Waals surface area contributed by atoms with E-state index in [1.165, 1.54) is 13.4 Å². The smallest absolute Gasteiger partial charge is 0.407 e. The molecule has 1 atom stereocenters. The molecule has 4 N–H and O–H groups in total. The Morgan fingerprint density at radius 2 is 1.67 bits per heavy atom. The van der Waals surface area contributed by atoms with Crippen LogP contribution in [-0.2, 0) is 30.7 Å². The molecule has 0 saturated heterocycles. The summed E-state index contributed by atoms with van der Waals surface area (Å²) >= 11 is 0. The van der Waals surface area contributed by atoms with Crippen LogP contribution in [0.3, 0.4) is 0 Å². The third-order valence-electron chi connectivity index (χ3n) is 9.03. The van der Waals surface area contributed by atoms with Crippen molar-refractivity contribution in [3.63, 3.8) is 0 Å². The van der Waals surface area contributed by atoms with E-state index in [0.29, 0.717) is 24.0 Å². The minimum absolute atomic E-state index is 0.0165. The Morgan fingerprint density at radius 1 is 1.02 bits per heavy atom. The first-order chi connectivity index (χ1) is 23.3. The molecule has 0 bridgehead atoms. The minimum Gasteiger partial charge on any atom is -0.487 e.